The van der Waals surface area contributed by atoms with Crippen LogP contribution in [0.1, 0.15) is 182 Å². The molecule has 2 nitrogen and oxygen atoms in total. The van der Waals surface area contributed by atoms with Crippen molar-refractivity contribution in [3.63, 3.8) is 0 Å². The molecule has 12 heteroatoms. The van der Waals surface area contributed by atoms with Crippen molar-refractivity contribution in [1.29, 1.82) is 0 Å². The van der Waals surface area contributed by atoms with Crippen LogP contribution < -0.4 is 20.7 Å². The first-order valence-corrected chi connectivity index (χ1v) is 36.8. The first kappa shape index (κ1) is 50.1. The van der Waals surface area contributed by atoms with E-state index in [1.165, 1.54) is 206 Å². The first-order valence-electron chi connectivity index (χ1n) is 25.5. The molecule has 0 N–H and O–H groups in total. The summed E-state index contributed by atoms with van der Waals surface area (Å²) in [7, 11) is -3.78. The van der Waals surface area contributed by atoms with Crippen LogP contribution in [0, 0.1) is 0 Å². The van der Waals surface area contributed by atoms with E-state index in [0.717, 1.165) is 9.66 Å². The summed E-state index contributed by atoms with van der Waals surface area (Å²) in [5.41, 5.74) is 0. The lowest BCUT2D eigenvalue weighted by Crippen LogP contribution is -2.54. The minimum absolute atomic E-state index is 1.13. The number of nitrogens with zero attached hydrogens (tertiary/aromatic N) is 2. The number of hydrogen-bond acceptors (Lipinski definition) is 8. The van der Waals surface area contributed by atoms with E-state index in [0.29, 0.717) is 0 Å². The van der Waals surface area contributed by atoms with E-state index in [1.54, 1.807) is 40.3 Å². The number of unbranched alkanes of at least 4 members (excludes halogenated alkanes) is 20. The van der Waals surface area contributed by atoms with Crippen LogP contribution in [0.4, 0.5) is 0 Å². The third-order valence-electron chi connectivity index (χ3n) is 14.6. The van der Waals surface area contributed by atoms with E-state index < -0.39 is 16.1 Å². The number of thiophene rings is 4. The molecule has 6 aromatic heterocycles. The monoisotopic (exact) mass is 1130 g/mol. The van der Waals surface area contributed by atoms with Crippen LogP contribution in [0.2, 0.25) is 24.2 Å². The van der Waals surface area contributed by atoms with Crippen LogP contribution in [-0.4, -0.2) is 26.1 Å². The fourth-order valence-electron chi connectivity index (χ4n) is 11.1. The molecule has 0 aromatic carbocycles. The summed E-state index contributed by atoms with van der Waals surface area (Å²) >= 11 is 19.7. The largest absolute Gasteiger partial charge is 0.222 e. The highest BCUT2D eigenvalue weighted by molar-refractivity contribution is 9.11. The molecular weight excluding hydrogens is 1060 g/mol. The fourth-order valence-corrected chi connectivity index (χ4v) is 33.4. The fraction of sp³-hybridized carbons (Fsp3) is 0.615. The highest BCUT2D eigenvalue weighted by atomic mass is 79.9. The predicted molar refractivity (Wildman–Crippen MR) is 307 cm³/mol. The van der Waals surface area contributed by atoms with Gasteiger partial charge >= 0.3 is 0 Å². The number of fused-ring (bicyclic) bond motifs is 7. The van der Waals surface area contributed by atoms with Gasteiger partial charge in [0.15, 0.2) is 9.66 Å². The molecule has 348 valence electrons. The van der Waals surface area contributed by atoms with Crippen molar-refractivity contribution < 1.29 is 0 Å². The summed E-state index contributed by atoms with van der Waals surface area (Å²) in [5, 5.41) is 9.37. The van der Waals surface area contributed by atoms with Gasteiger partial charge in [-0.2, -0.15) is 0 Å². The Morgan fingerprint density at radius 3 is 0.969 bits per heavy atom. The van der Waals surface area contributed by atoms with Crippen molar-refractivity contribution >= 4 is 146 Å². The van der Waals surface area contributed by atoms with Gasteiger partial charge in [0.25, 0.3) is 0 Å². The van der Waals surface area contributed by atoms with E-state index >= 15 is 0 Å². The Hall–Kier alpha value is -0.286. The Bertz CT molecular complexity index is 2170. The smallest absolute Gasteiger partial charge is 0.155 e. The summed E-state index contributed by atoms with van der Waals surface area (Å²) < 4.78 is 2.64. The molecule has 2 aliphatic rings. The first-order chi connectivity index (χ1) is 31.4. The summed E-state index contributed by atoms with van der Waals surface area (Å²) in [6.07, 6.45) is 33.0. The molecule has 0 spiro atoms. The summed E-state index contributed by atoms with van der Waals surface area (Å²) in [4.78, 5) is 22.2. The zero-order chi connectivity index (χ0) is 44.5. The highest BCUT2D eigenvalue weighted by Crippen LogP contribution is 2.50. The molecule has 0 amide bonds. The second kappa shape index (κ2) is 24.0. The maximum Gasteiger partial charge on any atom is 0.155 e. The van der Waals surface area contributed by atoms with Gasteiger partial charge in [-0.05, 0) is 101 Å². The Morgan fingerprint density at radius 2 is 0.641 bits per heavy atom. The van der Waals surface area contributed by atoms with E-state index in [1.807, 2.05) is 68.0 Å². The van der Waals surface area contributed by atoms with E-state index in [9.17, 15) is 0 Å². The number of aromatic nitrogens is 2. The Morgan fingerprint density at radius 1 is 0.359 bits per heavy atom. The maximum atomic E-state index is 5.44. The van der Waals surface area contributed by atoms with Crippen LogP contribution in [0.5, 0.6) is 0 Å². The van der Waals surface area contributed by atoms with Gasteiger partial charge in [-0.3, -0.25) is 0 Å². The van der Waals surface area contributed by atoms with Gasteiger partial charge in [-0.25, -0.2) is 9.97 Å². The van der Waals surface area contributed by atoms with Crippen molar-refractivity contribution in [2.75, 3.05) is 0 Å². The minimum Gasteiger partial charge on any atom is -0.222 e. The van der Waals surface area contributed by atoms with Crippen LogP contribution in [0.15, 0.2) is 31.8 Å². The lowest BCUT2D eigenvalue weighted by atomic mass is 10.1. The zero-order valence-corrected chi connectivity index (χ0v) is 49.3. The molecular formula is C52H72Br2N2S6Si2. The third kappa shape index (κ3) is 11.0. The maximum absolute atomic E-state index is 5.44. The average molecular weight is 1130 g/mol. The van der Waals surface area contributed by atoms with Crippen molar-refractivity contribution in [3.05, 3.63) is 31.8 Å². The second-order valence-corrected chi connectivity index (χ2v) is 36.6. The van der Waals surface area contributed by atoms with Crippen LogP contribution in [-0.2, 0) is 0 Å². The molecule has 0 fully saturated rings. The molecule has 6 aromatic rings. The molecule has 0 aliphatic carbocycles. The molecule has 8 heterocycles. The molecule has 0 unspecified atom stereocenters. The van der Waals surface area contributed by atoms with E-state index in [2.05, 4.69) is 83.8 Å². The van der Waals surface area contributed by atoms with Gasteiger partial charge in [0.05, 0.1) is 17.3 Å². The minimum atomic E-state index is -1.89. The van der Waals surface area contributed by atoms with E-state index in [-0.39, 0.29) is 0 Å². The third-order valence-corrected chi connectivity index (χ3v) is 34.1. The van der Waals surface area contributed by atoms with Gasteiger partial charge in [-0.15, -0.1) is 45.3 Å². The lowest BCUT2D eigenvalue weighted by Gasteiger charge is -2.29. The molecule has 0 bridgehead atoms. The number of halogens is 2. The Labute approximate surface area is 429 Å². The summed E-state index contributed by atoms with van der Waals surface area (Å²) in [6.45, 7) is 9.34. The number of thiazole rings is 2. The van der Waals surface area contributed by atoms with Gasteiger partial charge in [0, 0.05) is 19.5 Å². The van der Waals surface area contributed by atoms with E-state index in [4.69, 9.17) is 9.97 Å². The van der Waals surface area contributed by atoms with Crippen LogP contribution >= 0.6 is 99.9 Å². The Kier molecular flexibility index (Phi) is 18.8. The molecule has 0 atom stereocenters. The molecule has 0 saturated carbocycles. The molecule has 0 saturated heterocycles. The SMILES string of the molecule is CCCCCCCC[Si]1(CCCCCCCC)c2cc(Br)sc2-c2sc(-c3nc4sc(-c5cc6c(s5)-c5sc(Br)cc5[Si]6(CCCCCCCC)CCCCCCCC)nc4s3)cc21. The topological polar surface area (TPSA) is 25.8 Å². The normalized spacial score (nSPS) is 14.5. The molecule has 0 radical (unpaired) electrons. The highest BCUT2D eigenvalue weighted by Gasteiger charge is 2.49. The van der Waals surface area contributed by atoms with Gasteiger partial charge in [0.1, 0.15) is 26.2 Å². The van der Waals surface area contributed by atoms with Crippen LogP contribution in [0.25, 0.3) is 48.9 Å². The van der Waals surface area contributed by atoms with Gasteiger partial charge in [0.2, 0.25) is 0 Å². The van der Waals surface area contributed by atoms with Crippen molar-refractivity contribution in [3.8, 4) is 39.3 Å². The lowest BCUT2D eigenvalue weighted by molar-refractivity contribution is 0.616. The molecule has 8 rings (SSSR count). The van der Waals surface area contributed by atoms with Crippen LogP contribution in [0.3, 0.4) is 0 Å². The number of hydrogen-bond donors (Lipinski definition) is 0. The Balaban J connectivity index is 1.06. The average Bonchev–Trinajstić information content (AvgIpc) is 4.16. The quantitative estimate of drug-likeness (QED) is 0.0332. The predicted octanol–water partition coefficient (Wildman–Crippen LogP) is 19.4. The summed E-state index contributed by atoms with van der Waals surface area (Å²) in [5.74, 6) is 0. The molecule has 2 aliphatic heterocycles. The standard InChI is InChI=1S/C52H72Br2N2S6Si2/c1-5-9-13-17-21-25-29-63(30-26-22-18-14-10-6-2)39-33-37(57-45(39)47-41(63)35-43(53)59-47)49-55-51-52(61-49)56-50(62-51)38-34-40-46(58-38)48-42(36-44(54)60-48)64(40,31-27-23-19-15-11-7-3)32-28-24-20-16-12-8-4/h33-36H,5-32H2,1-4H3. The van der Waals surface area contributed by atoms with Crippen molar-refractivity contribution in [2.45, 2.75) is 206 Å². The van der Waals surface area contributed by atoms with Gasteiger partial charge in [-0.1, -0.05) is 204 Å². The summed E-state index contributed by atoms with van der Waals surface area (Å²) in [6, 6.07) is 16.1. The number of rotatable bonds is 30. The van der Waals surface area contributed by atoms with Crippen molar-refractivity contribution in [1.82, 2.24) is 9.97 Å². The molecule has 64 heavy (non-hydrogen) atoms. The second-order valence-electron chi connectivity index (χ2n) is 19.2. The van der Waals surface area contributed by atoms with Crippen molar-refractivity contribution in [2.24, 2.45) is 0 Å². The zero-order valence-electron chi connectivity index (χ0n) is 39.2. The van der Waals surface area contributed by atoms with Gasteiger partial charge < -0.3 is 0 Å².